The number of aryl methyl sites for hydroxylation is 1. The number of hydrogen-bond donors (Lipinski definition) is 1. The van der Waals surface area contributed by atoms with Crippen LogP contribution in [0.2, 0.25) is 5.02 Å². The van der Waals surface area contributed by atoms with E-state index in [0.717, 1.165) is 25.9 Å². The van der Waals surface area contributed by atoms with Crippen LogP contribution in [-0.2, 0) is 13.1 Å². The van der Waals surface area contributed by atoms with Crippen LogP contribution in [-0.4, -0.2) is 20.3 Å². The predicted molar refractivity (Wildman–Crippen MR) is 127 cm³/mol. The molecule has 0 atom stereocenters. The van der Waals surface area contributed by atoms with Crippen molar-refractivity contribution in [3.05, 3.63) is 127 Å². The van der Waals surface area contributed by atoms with E-state index in [9.17, 15) is 14.4 Å². The molecule has 1 amide bonds. The number of halogens is 1. The van der Waals surface area contributed by atoms with Crippen LogP contribution in [0.4, 0.5) is 0 Å². The van der Waals surface area contributed by atoms with Crippen molar-refractivity contribution in [2.24, 2.45) is 0 Å². The topological polar surface area (TPSA) is 86.0 Å². The summed E-state index contributed by atoms with van der Waals surface area (Å²) in [6, 6.07) is 23.4. The molecule has 166 valence electrons. The van der Waals surface area contributed by atoms with Gasteiger partial charge in [-0.05, 0) is 35.7 Å². The third-order valence-electron chi connectivity index (χ3n) is 5.15. The van der Waals surface area contributed by atoms with Crippen molar-refractivity contribution in [2.75, 3.05) is 0 Å². The molecule has 0 radical (unpaired) electrons. The molecule has 0 saturated carbocycles. The summed E-state index contributed by atoms with van der Waals surface area (Å²) in [7, 11) is 0. The first-order chi connectivity index (χ1) is 15.9. The number of amides is 1. The summed E-state index contributed by atoms with van der Waals surface area (Å²) in [6.45, 7) is 2.05. The van der Waals surface area contributed by atoms with Crippen molar-refractivity contribution >= 4 is 17.5 Å². The SMILES string of the molecule is Cc1ccc(-n2nc(C(=O)NCc3ccccc3)c(=O)n(Cc3ccccc3)c2=O)cc1Cl. The van der Waals surface area contributed by atoms with Gasteiger partial charge in [0.25, 0.3) is 11.5 Å². The van der Waals surface area contributed by atoms with Crippen molar-refractivity contribution in [2.45, 2.75) is 20.0 Å². The van der Waals surface area contributed by atoms with Gasteiger partial charge in [-0.15, -0.1) is 0 Å². The minimum Gasteiger partial charge on any atom is -0.346 e. The van der Waals surface area contributed by atoms with E-state index in [1.165, 1.54) is 0 Å². The maximum Gasteiger partial charge on any atom is 0.352 e. The maximum absolute atomic E-state index is 13.2. The van der Waals surface area contributed by atoms with Gasteiger partial charge < -0.3 is 5.32 Å². The van der Waals surface area contributed by atoms with Gasteiger partial charge in [-0.25, -0.2) is 4.79 Å². The molecule has 1 aromatic heterocycles. The van der Waals surface area contributed by atoms with Gasteiger partial charge in [0, 0.05) is 11.6 Å². The Balaban J connectivity index is 1.80. The van der Waals surface area contributed by atoms with Crippen LogP contribution in [0.25, 0.3) is 5.69 Å². The molecule has 0 aliphatic rings. The highest BCUT2D eigenvalue weighted by molar-refractivity contribution is 6.31. The zero-order valence-electron chi connectivity index (χ0n) is 17.9. The fourth-order valence-corrected chi connectivity index (χ4v) is 3.48. The summed E-state index contributed by atoms with van der Waals surface area (Å²) in [5, 5.41) is 7.28. The smallest absolute Gasteiger partial charge is 0.346 e. The van der Waals surface area contributed by atoms with E-state index in [-0.39, 0.29) is 18.8 Å². The van der Waals surface area contributed by atoms with Gasteiger partial charge in [0.05, 0.1) is 12.2 Å². The quantitative estimate of drug-likeness (QED) is 0.478. The third kappa shape index (κ3) is 4.94. The summed E-state index contributed by atoms with van der Waals surface area (Å²) < 4.78 is 2.04. The lowest BCUT2D eigenvalue weighted by Gasteiger charge is -2.13. The molecule has 0 saturated heterocycles. The molecule has 0 aliphatic heterocycles. The molecule has 1 heterocycles. The van der Waals surface area contributed by atoms with E-state index in [0.29, 0.717) is 10.7 Å². The fraction of sp³-hybridized carbons (Fsp3) is 0.120. The van der Waals surface area contributed by atoms with E-state index in [1.807, 2.05) is 55.5 Å². The lowest BCUT2D eigenvalue weighted by molar-refractivity contribution is 0.0941. The first-order valence-electron chi connectivity index (χ1n) is 10.3. The van der Waals surface area contributed by atoms with Crippen LogP contribution in [0.1, 0.15) is 27.2 Å². The van der Waals surface area contributed by atoms with Gasteiger partial charge in [0.15, 0.2) is 0 Å². The Morgan fingerprint density at radius 2 is 1.58 bits per heavy atom. The molecular weight excluding hydrogens is 440 g/mol. The number of carbonyl (C=O) groups is 1. The molecule has 0 aliphatic carbocycles. The van der Waals surface area contributed by atoms with E-state index in [1.54, 1.807) is 30.3 Å². The molecule has 7 nitrogen and oxygen atoms in total. The van der Waals surface area contributed by atoms with E-state index in [2.05, 4.69) is 10.4 Å². The summed E-state index contributed by atoms with van der Waals surface area (Å²) in [4.78, 5) is 39.3. The zero-order chi connectivity index (χ0) is 23.4. The van der Waals surface area contributed by atoms with Crippen molar-refractivity contribution < 1.29 is 4.79 Å². The first-order valence-corrected chi connectivity index (χ1v) is 10.7. The molecular formula is C25H21ClN4O3. The highest BCUT2D eigenvalue weighted by Gasteiger charge is 2.20. The third-order valence-corrected chi connectivity index (χ3v) is 5.56. The lowest BCUT2D eigenvalue weighted by atomic mass is 10.2. The summed E-state index contributed by atoms with van der Waals surface area (Å²) in [6.07, 6.45) is 0. The van der Waals surface area contributed by atoms with Gasteiger partial charge in [-0.1, -0.05) is 78.3 Å². The molecule has 0 fully saturated rings. The van der Waals surface area contributed by atoms with Gasteiger partial charge in [0.2, 0.25) is 5.69 Å². The van der Waals surface area contributed by atoms with Crippen LogP contribution >= 0.6 is 11.6 Å². The number of rotatable bonds is 6. The predicted octanol–water partition coefficient (Wildman–Crippen LogP) is 3.33. The molecule has 1 N–H and O–H groups in total. The second-order valence-electron chi connectivity index (χ2n) is 7.52. The molecule has 3 aromatic carbocycles. The van der Waals surface area contributed by atoms with Gasteiger partial charge >= 0.3 is 5.69 Å². The summed E-state index contributed by atoms with van der Waals surface area (Å²) >= 11 is 6.25. The average molecular weight is 461 g/mol. The van der Waals surface area contributed by atoms with Crippen LogP contribution in [0.15, 0.2) is 88.5 Å². The Kier molecular flexibility index (Phi) is 6.51. The lowest BCUT2D eigenvalue weighted by Crippen LogP contribution is -2.46. The fourth-order valence-electron chi connectivity index (χ4n) is 3.31. The number of hydrogen-bond acceptors (Lipinski definition) is 4. The number of nitrogens with zero attached hydrogens (tertiary/aromatic N) is 3. The van der Waals surface area contributed by atoms with E-state index < -0.39 is 17.2 Å². The molecule has 0 unspecified atom stereocenters. The van der Waals surface area contributed by atoms with Crippen molar-refractivity contribution in [3.8, 4) is 5.69 Å². The summed E-state index contributed by atoms with van der Waals surface area (Å²) in [5.74, 6) is -0.669. The van der Waals surface area contributed by atoms with Crippen LogP contribution in [0.5, 0.6) is 0 Å². The first kappa shape index (κ1) is 22.2. The van der Waals surface area contributed by atoms with Crippen LogP contribution in [0.3, 0.4) is 0 Å². The maximum atomic E-state index is 13.2. The normalized spacial score (nSPS) is 10.7. The average Bonchev–Trinajstić information content (AvgIpc) is 2.83. The van der Waals surface area contributed by atoms with E-state index >= 15 is 0 Å². The van der Waals surface area contributed by atoms with E-state index in [4.69, 9.17) is 11.6 Å². The van der Waals surface area contributed by atoms with Crippen molar-refractivity contribution in [1.82, 2.24) is 19.7 Å². The molecule has 33 heavy (non-hydrogen) atoms. The Labute approximate surface area is 194 Å². The highest BCUT2D eigenvalue weighted by Crippen LogP contribution is 2.18. The van der Waals surface area contributed by atoms with Gasteiger partial charge in [-0.2, -0.15) is 9.78 Å². The van der Waals surface area contributed by atoms with Crippen molar-refractivity contribution in [1.29, 1.82) is 0 Å². The van der Waals surface area contributed by atoms with Crippen LogP contribution in [0, 0.1) is 6.92 Å². The minimum absolute atomic E-state index is 0.000411. The van der Waals surface area contributed by atoms with Crippen LogP contribution < -0.4 is 16.6 Å². The second kappa shape index (κ2) is 9.67. The second-order valence-corrected chi connectivity index (χ2v) is 7.93. The zero-order valence-corrected chi connectivity index (χ0v) is 18.6. The standard InChI is InChI=1S/C25H21ClN4O3/c1-17-12-13-20(14-21(17)26)30-25(33)29(16-19-10-6-3-7-11-19)24(32)22(28-30)23(31)27-15-18-8-4-2-5-9-18/h2-14H,15-16H2,1H3,(H,27,31). The number of aromatic nitrogens is 3. The van der Waals surface area contributed by atoms with Gasteiger partial charge in [0.1, 0.15) is 0 Å². The number of nitrogens with one attached hydrogen (secondary N) is 1. The van der Waals surface area contributed by atoms with Gasteiger partial charge in [-0.3, -0.25) is 14.2 Å². The highest BCUT2D eigenvalue weighted by atomic mass is 35.5. The van der Waals surface area contributed by atoms with Crippen molar-refractivity contribution in [3.63, 3.8) is 0 Å². The molecule has 4 rings (SSSR count). The molecule has 8 heteroatoms. The monoisotopic (exact) mass is 460 g/mol. The number of carbonyl (C=O) groups excluding carboxylic acids is 1. The Morgan fingerprint density at radius 3 is 2.21 bits per heavy atom. The Morgan fingerprint density at radius 1 is 0.939 bits per heavy atom. The Bertz CT molecular complexity index is 1410. The largest absolute Gasteiger partial charge is 0.352 e. The molecule has 0 spiro atoms. The number of benzene rings is 3. The minimum atomic E-state index is -0.760. The Hall–Kier alpha value is -3.97. The molecule has 4 aromatic rings. The molecule has 0 bridgehead atoms. The summed E-state index contributed by atoms with van der Waals surface area (Å²) in [5.41, 5.74) is 0.993.